The highest BCUT2D eigenvalue weighted by molar-refractivity contribution is 6.31. The number of hydrogen-bond donors (Lipinski definition) is 0. The van der Waals surface area contributed by atoms with Gasteiger partial charge in [0.15, 0.2) is 0 Å². The lowest BCUT2D eigenvalue weighted by molar-refractivity contribution is 0.186. The number of benzene rings is 1. The second-order valence-corrected chi connectivity index (χ2v) is 5.12. The van der Waals surface area contributed by atoms with E-state index in [1.807, 2.05) is 0 Å². The fourth-order valence-corrected chi connectivity index (χ4v) is 2.63. The molecule has 0 aliphatic heterocycles. The van der Waals surface area contributed by atoms with Gasteiger partial charge in [0.1, 0.15) is 5.82 Å². The van der Waals surface area contributed by atoms with Crippen molar-refractivity contribution in [2.45, 2.75) is 39.3 Å². The second-order valence-electron chi connectivity index (χ2n) is 4.33. The van der Waals surface area contributed by atoms with E-state index in [9.17, 15) is 4.39 Å². The first-order valence-corrected chi connectivity index (χ1v) is 7.28. The Labute approximate surface area is 119 Å². The van der Waals surface area contributed by atoms with E-state index in [1.54, 1.807) is 12.1 Å². The summed E-state index contributed by atoms with van der Waals surface area (Å²) in [6.07, 6.45) is 2.05. The minimum Gasteiger partial charge on any atom is -0.295 e. The van der Waals surface area contributed by atoms with Crippen molar-refractivity contribution in [1.29, 1.82) is 0 Å². The smallest absolute Gasteiger partial charge is 0.129 e. The van der Waals surface area contributed by atoms with Crippen molar-refractivity contribution in [3.8, 4) is 0 Å². The molecule has 18 heavy (non-hydrogen) atoms. The molecule has 0 unspecified atom stereocenters. The number of hydrogen-bond acceptors (Lipinski definition) is 1. The predicted octanol–water partition coefficient (Wildman–Crippen LogP) is 4.71. The lowest BCUT2D eigenvalue weighted by Gasteiger charge is -2.30. The Balaban J connectivity index is 2.89. The Morgan fingerprint density at radius 3 is 2.44 bits per heavy atom. The molecule has 0 saturated heterocycles. The number of rotatable bonds is 7. The van der Waals surface area contributed by atoms with Gasteiger partial charge in [0.25, 0.3) is 0 Å². The molecule has 0 bridgehead atoms. The highest BCUT2D eigenvalue weighted by atomic mass is 35.5. The molecule has 102 valence electrons. The van der Waals surface area contributed by atoms with Crippen LogP contribution in [0.2, 0.25) is 5.02 Å². The van der Waals surface area contributed by atoms with Crippen LogP contribution in [0.4, 0.5) is 4.39 Å². The van der Waals surface area contributed by atoms with Gasteiger partial charge >= 0.3 is 0 Å². The summed E-state index contributed by atoms with van der Waals surface area (Å²) >= 11 is 11.9. The van der Waals surface area contributed by atoms with Gasteiger partial charge in [-0.3, -0.25) is 4.90 Å². The third-order valence-electron chi connectivity index (χ3n) is 3.25. The normalized spacial score (nSPS) is 11.5. The van der Waals surface area contributed by atoms with E-state index < -0.39 is 0 Å². The molecule has 0 aliphatic rings. The predicted molar refractivity (Wildman–Crippen MR) is 76.9 cm³/mol. The van der Waals surface area contributed by atoms with Crippen molar-refractivity contribution in [2.75, 3.05) is 12.4 Å². The lowest BCUT2D eigenvalue weighted by Crippen LogP contribution is -2.35. The highest BCUT2D eigenvalue weighted by Gasteiger charge is 2.18. The second kappa shape index (κ2) is 7.98. The minimum absolute atomic E-state index is 0.243. The molecule has 0 fully saturated rings. The zero-order chi connectivity index (χ0) is 13.5. The van der Waals surface area contributed by atoms with Gasteiger partial charge in [-0.05, 0) is 25.0 Å². The van der Waals surface area contributed by atoms with E-state index in [0.29, 0.717) is 29.1 Å². The maximum Gasteiger partial charge on any atom is 0.129 e. The Morgan fingerprint density at radius 2 is 1.94 bits per heavy atom. The summed E-state index contributed by atoms with van der Waals surface area (Å²) in [7, 11) is 0. The molecule has 1 nitrogen and oxygen atoms in total. The topological polar surface area (TPSA) is 3.24 Å². The molecule has 0 aromatic heterocycles. The van der Waals surface area contributed by atoms with E-state index in [4.69, 9.17) is 23.2 Å². The van der Waals surface area contributed by atoms with Crippen molar-refractivity contribution >= 4 is 23.2 Å². The van der Waals surface area contributed by atoms with Crippen LogP contribution in [0, 0.1) is 5.82 Å². The van der Waals surface area contributed by atoms with Crippen LogP contribution < -0.4 is 0 Å². The first-order valence-electron chi connectivity index (χ1n) is 6.36. The van der Waals surface area contributed by atoms with Crippen molar-refractivity contribution < 1.29 is 4.39 Å². The van der Waals surface area contributed by atoms with Crippen LogP contribution in [0.25, 0.3) is 0 Å². The van der Waals surface area contributed by atoms with E-state index in [-0.39, 0.29) is 5.82 Å². The Bertz CT molecular complexity index is 347. The fraction of sp³-hybridized carbons (Fsp3) is 0.571. The van der Waals surface area contributed by atoms with Crippen LogP contribution in [-0.4, -0.2) is 23.4 Å². The monoisotopic (exact) mass is 291 g/mol. The highest BCUT2D eigenvalue weighted by Crippen LogP contribution is 2.22. The molecular weight excluding hydrogens is 272 g/mol. The number of nitrogens with zero attached hydrogens (tertiary/aromatic N) is 1. The molecule has 1 rings (SSSR count). The third-order valence-corrected chi connectivity index (χ3v) is 3.78. The zero-order valence-corrected chi connectivity index (χ0v) is 12.4. The molecule has 0 N–H and O–H groups in total. The van der Waals surface area contributed by atoms with Crippen LogP contribution in [0.15, 0.2) is 18.2 Å². The van der Waals surface area contributed by atoms with Gasteiger partial charge in [-0.15, -0.1) is 11.6 Å². The summed E-state index contributed by atoms with van der Waals surface area (Å²) in [6.45, 7) is 5.54. The molecular formula is C14H20Cl2FN. The molecule has 0 heterocycles. The van der Waals surface area contributed by atoms with E-state index in [2.05, 4.69) is 18.7 Å². The maximum absolute atomic E-state index is 13.8. The van der Waals surface area contributed by atoms with Crippen molar-refractivity contribution in [2.24, 2.45) is 0 Å². The van der Waals surface area contributed by atoms with Crippen LogP contribution in [-0.2, 0) is 6.54 Å². The maximum atomic E-state index is 13.8. The molecule has 4 heteroatoms. The summed E-state index contributed by atoms with van der Waals surface area (Å²) < 4.78 is 13.8. The Kier molecular flexibility index (Phi) is 6.98. The minimum atomic E-state index is -0.243. The first-order chi connectivity index (χ1) is 8.63. The van der Waals surface area contributed by atoms with Crippen molar-refractivity contribution in [3.05, 3.63) is 34.6 Å². The van der Waals surface area contributed by atoms with Crippen molar-refractivity contribution in [1.82, 2.24) is 4.90 Å². The molecule has 0 radical (unpaired) electrons. The van der Waals surface area contributed by atoms with E-state index >= 15 is 0 Å². The summed E-state index contributed by atoms with van der Waals surface area (Å²) in [4.78, 5) is 2.21. The van der Waals surface area contributed by atoms with Crippen LogP contribution in [0.1, 0.15) is 32.3 Å². The van der Waals surface area contributed by atoms with Crippen LogP contribution >= 0.6 is 23.2 Å². The molecule has 1 aromatic carbocycles. The standard InChI is InChI=1S/C14H20Cl2FN/c1-3-11(4-2)18(9-8-15)10-12-13(16)6-5-7-14(12)17/h5-7,11H,3-4,8-10H2,1-2H3. The molecule has 0 atom stereocenters. The summed E-state index contributed by atoms with van der Waals surface area (Å²) in [6, 6.07) is 5.22. The molecule has 0 saturated carbocycles. The quantitative estimate of drug-likeness (QED) is 0.658. The average Bonchev–Trinajstić information content (AvgIpc) is 2.35. The average molecular weight is 292 g/mol. The van der Waals surface area contributed by atoms with Gasteiger partial charge < -0.3 is 0 Å². The molecule has 0 aliphatic carbocycles. The van der Waals surface area contributed by atoms with Crippen LogP contribution in [0.5, 0.6) is 0 Å². The molecule has 0 spiro atoms. The van der Waals surface area contributed by atoms with E-state index in [1.165, 1.54) is 6.07 Å². The van der Waals surface area contributed by atoms with Gasteiger partial charge in [-0.2, -0.15) is 0 Å². The van der Waals surface area contributed by atoms with Crippen LogP contribution in [0.3, 0.4) is 0 Å². The van der Waals surface area contributed by atoms with Crippen molar-refractivity contribution in [3.63, 3.8) is 0 Å². The van der Waals surface area contributed by atoms with Gasteiger partial charge in [0, 0.05) is 35.6 Å². The summed E-state index contributed by atoms with van der Waals surface area (Å²) in [5.41, 5.74) is 0.566. The number of alkyl halides is 1. The van der Waals surface area contributed by atoms with Gasteiger partial charge in [0.05, 0.1) is 0 Å². The fourth-order valence-electron chi connectivity index (χ4n) is 2.19. The Hall–Kier alpha value is -0.310. The SMILES string of the molecule is CCC(CC)N(CCCl)Cc1c(F)cccc1Cl. The van der Waals surface area contributed by atoms with Gasteiger partial charge in [-0.25, -0.2) is 4.39 Å². The number of halogens is 3. The first kappa shape index (κ1) is 15.7. The van der Waals surface area contributed by atoms with E-state index in [0.717, 1.165) is 19.4 Å². The molecule has 1 aromatic rings. The van der Waals surface area contributed by atoms with Gasteiger partial charge in [-0.1, -0.05) is 31.5 Å². The van der Waals surface area contributed by atoms with Gasteiger partial charge in [0.2, 0.25) is 0 Å². The summed E-state index contributed by atoms with van der Waals surface area (Å²) in [5.74, 6) is 0.302. The third kappa shape index (κ3) is 4.11. The lowest BCUT2D eigenvalue weighted by atomic mass is 10.1. The summed E-state index contributed by atoms with van der Waals surface area (Å²) in [5, 5.41) is 0.487. The zero-order valence-electron chi connectivity index (χ0n) is 10.9. The largest absolute Gasteiger partial charge is 0.295 e. The molecule has 0 amide bonds. The Morgan fingerprint density at radius 1 is 1.28 bits per heavy atom.